The Balaban J connectivity index is 1.85. The maximum absolute atomic E-state index is 10.9. The maximum Gasteiger partial charge on any atom is 0.335 e. The number of hydrogen-bond acceptors (Lipinski definition) is 6. The average Bonchev–Trinajstić information content (AvgIpc) is 2.62. The highest BCUT2D eigenvalue weighted by molar-refractivity contribution is 6.31. The number of carboxylic acids is 1. The topological polar surface area (TPSA) is 113 Å². The maximum atomic E-state index is 10.9. The van der Waals surface area contributed by atoms with E-state index in [0.717, 1.165) is 11.3 Å². The zero-order valence-electron chi connectivity index (χ0n) is 13.8. The van der Waals surface area contributed by atoms with Gasteiger partial charge in [-0.1, -0.05) is 17.7 Å². The smallest absolute Gasteiger partial charge is 0.335 e. The van der Waals surface area contributed by atoms with Crippen molar-refractivity contribution in [1.82, 2.24) is 9.97 Å². The summed E-state index contributed by atoms with van der Waals surface area (Å²) in [6.07, 6.45) is 1.38. The number of carbonyl (C=O) groups is 1. The van der Waals surface area contributed by atoms with Gasteiger partial charge in [0.15, 0.2) is 11.6 Å². The third-order valence-corrected chi connectivity index (χ3v) is 4.21. The number of carboxylic acid groups (broad SMARTS) is 1. The van der Waals surface area contributed by atoms with E-state index in [1.165, 1.54) is 18.5 Å². The van der Waals surface area contributed by atoms with E-state index in [-0.39, 0.29) is 5.56 Å². The van der Waals surface area contributed by atoms with Gasteiger partial charge in [-0.15, -0.1) is 0 Å². The predicted octanol–water partition coefficient (Wildman–Crippen LogP) is 4.21. The van der Waals surface area contributed by atoms with Gasteiger partial charge in [0.2, 0.25) is 0 Å². The summed E-state index contributed by atoms with van der Waals surface area (Å²) in [5.74, 6) is -0.137. The fourth-order valence-electron chi connectivity index (χ4n) is 2.30. The molecule has 0 fully saturated rings. The molecule has 0 spiro atoms. The zero-order valence-corrected chi connectivity index (χ0v) is 14.6. The molecule has 8 heteroatoms. The third kappa shape index (κ3) is 3.68. The number of aromatic carboxylic acids is 1. The molecule has 0 aliphatic carbocycles. The molecule has 26 heavy (non-hydrogen) atoms. The quantitative estimate of drug-likeness (QED) is 0.532. The Bertz CT molecular complexity index is 960. The average molecular weight is 370 g/mol. The van der Waals surface area contributed by atoms with E-state index in [9.17, 15) is 4.79 Å². The molecular formula is C18H16ClN5O2. The minimum Gasteiger partial charge on any atom is -0.478 e. The number of halogens is 1. The van der Waals surface area contributed by atoms with Crippen molar-refractivity contribution >= 4 is 46.3 Å². The first-order valence-electron chi connectivity index (χ1n) is 7.68. The summed E-state index contributed by atoms with van der Waals surface area (Å²) in [6, 6.07) is 11.8. The molecule has 0 atom stereocenters. The van der Waals surface area contributed by atoms with E-state index in [0.29, 0.717) is 28.0 Å². The van der Waals surface area contributed by atoms with Crippen LogP contribution in [-0.2, 0) is 0 Å². The molecule has 0 radical (unpaired) electrons. The third-order valence-electron chi connectivity index (χ3n) is 3.80. The molecule has 5 N–H and O–H groups in total. The Hall–Kier alpha value is -3.32. The van der Waals surface area contributed by atoms with E-state index >= 15 is 0 Å². The lowest BCUT2D eigenvalue weighted by Crippen LogP contribution is -2.06. The van der Waals surface area contributed by atoms with Crippen LogP contribution in [0.4, 0.5) is 28.7 Å². The summed E-state index contributed by atoms with van der Waals surface area (Å²) in [4.78, 5) is 19.2. The number of aromatic nitrogens is 2. The highest BCUT2D eigenvalue weighted by Crippen LogP contribution is 2.31. The molecule has 0 aliphatic rings. The summed E-state index contributed by atoms with van der Waals surface area (Å²) in [5, 5.41) is 15.8. The highest BCUT2D eigenvalue weighted by Gasteiger charge is 2.11. The van der Waals surface area contributed by atoms with Crippen LogP contribution in [0.1, 0.15) is 15.9 Å². The first kappa shape index (κ1) is 17.5. The van der Waals surface area contributed by atoms with Crippen molar-refractivity contribution in [1.29, 1.82) is 0 Å². The number of nitrogens with one attached hydrogen (secondary N) is 2. The Kier molecular flexibility index (Phi) is 4.90. The van der Waals surface area contributed by atoms with E-state index in [4.69, 9.17) is 22.4 Å². The van der Waals surface area contributed by atoms with Crippen LogP contribution in [-0.4, -0.2) is 21.0 Å². The van der Waals surface area contributed by atoms with Crippen LogP contribution < -0.4 is 16.4 Å². The summed E-state index contributed by atoms with van der Waals surface area (Å²) in [7, 11) is 0. The van der Waals surface area contributed by atoms with Crippen LogP contribution in [0.5, 0.6) is 0 Å². The van der Waals surface area contributed by atoms with Gasteiger partial charge in [0.25, 0.3) is 0 Å². The van der Waals surface area contributed by atoms with Crippen molar-refractivity contribution in [2.24, 2.45) is 0 Å². The van der Waals surface area contributed by atoms with Crippen molar-refractivity contribution < 1.29 is 9.90 Å². The standard InChI is InChI=1S/C18H16ClN5O2/c1-10-13(19)3-2-4-14(10)24-17-15(20)16(21-9-22-17)23-12-7-5-11(6-8-12)18(25)26/h2-9H,20H2,1H3,(H,25,26)(H2,21,22,23,24). The van der Waals surface area contributed by atoms with Crippen LogP contribution in [0.3, 0.4) is 0 Å². The minimum atomic E-state index is -0.985. The lowest BCUT2D eigenvalue weighted by molar-refractivity contribution is 0.0697. The lowest BCUT2D eigenvalue weighted by atomic mass is 10.2. The lowest BCUT2D eigenvalue weighted by Gasteiger charge is -2.14. The number of rotatable bonds is 5. The van der Waals surface area contributed by atoms with Crippen molar-refractivity contribution in [3.63, 3.8) is 0 Å². The molecule has 0 amide bonds. The van der Waals surface area contributed by atoms with E-state index in [2.05, 4.69) is 20.6 Å². The fraction of sp³-hybridized carbons (Fsp3) is 0.0556. The monoisotopic (exact) mass is 369 g/mol. The molecule has 1 heterocycles. The predicted molar refractivity (Wildman–Crippen MR) is 103 cm³/mol. The van der Waals surface area contributed by atoms with Crippen molar-refractivity contribution in [2.45, 2.75) is 6.92 Å². The summed E-state index contributed by atoms with van der Waals surface area (Å²) in [6.45, 7) is 1.89. The molecule has 1 aromatic heterocycles. The number of benzene rings is 2. The van der Waals surface area contributed by atoms with Crippen LogP contribution in [0, 0.1) is 6.92 Å². The van der Waals surface area contributed by atoms with Gasteiger partial charge in [0.1, 0.15) is 12.0 Å². The SMILES string of the molecule is Cc1c(Cl)cccc1Nc1ncnc(Nc2ccc(C(=O)O)cc2)c1N. The molecule has 7 nitrogen and oxygen atoms in total. The Morgan fingerprint density at radius 3 is 2.38 bits per heavy atom. The molecule has 3 rings (SSSR count). The Labute approximate surface area is 154 Å². The van der Waals surface area contributed by atoms with Gasteiger partial charge >= 0.3 is 5.97 Å². The van der Waals surface area contributed by atoms with Gasteiger partial charge in [-0.25, -0.2) is 14.8 Å². The van der Waals surface area contributed by atoms with Crippen molar-refractivity contribution in [2.75, 3.05) is 16.4 Å². The zero-order chi connectivity index (χ0) is 18.7. The largest absolute Gasteiger partial charge is 0.478 e. The number of nitrogens with two attached hydrogens (primary N) is 1. The van der Waals surface area contributed by atoms with Crippen LogP contribution in [0.25, 0.3) is 0 Å². The van der Waals surface area contributed by atoms with Crippen molar-refractivity contribution in [3.8, 4) is 0 Å². The molecule has 0 saturated carbocycles. The number of anilines is 5. The van der Waals surface area contributed by atoms with Crippen molar-refractivity contribution in [3.05, 3.63) is 64.9 Å². The first-order chi connectivity index (χ1) is 12.5. The van der Waals surface area contributed by atoms with Gasteiger partial charge in [-0.05, 0) is 48.9 Å². The number of hydrogen-bond donors (Lipinski definition) is 4. The molecule has 0 bridgehead atoms. The molecule has 0 saturated heterocycles. The molecule has 3 aromatic rings. The van der Waals surface area contributed by atoms with Gasteiger partial charge in [-0.3, -0.25) is 0 Å². The normalized spacial score (nSPS) is 10.4. The van der Waals surface area contributed by atoms with E-state index in [1.54, 1.807) is 18.2 Å². The molecular weight excluding hydrogens is 354 g/mol. The molecule has 0 aliphatic heterocycles. The highest BCUT2D eigenvalue weighted by atomic mass is 35.5. The fourth-order valence-corrected chi connectivity index (χ4v) is 2.47. The van der Waals surface area contributed by atoms with E-state index < -0.39 is 5.97 Å². The molecule has 2 aromatic carbocycles. The van der Waals surface area contributed by atoms with Gasteiger partial charge in [0, 0.05) is 16.4 Å². The minimum absolute atomic E-state index is 0.199. The summed E-state index contributed by atoms with van der Waals surface area (Å²) >= 11 is 6.14. The van der Waals surface area contributed by atoms with E-state index in [1.807, 2.05) is 19.1 Å². The van der Waals surface area contributed by atoms with Gasteiger partial charge in [-0.2, -0.15) is 0 Å². The molecule has 0 unspecified atom stereocenters. The van der Waals surface area contributed by atoms with Crippen LogP contribution in [0.15, 0.2) is 48.8 Å². The second-order valence-corrected chi connectivity index (χ2v) is 5.94. The Morgan fingerprint density at radius 2 is 1.73 bits per heavy atom. The van der Waals surface area contributed by atoms with Crippen LogP contribution >= 0.6 is 11.6 Å². The van der Waals surface area contributed by atoms with Gasteiger partial charge in [0.05, 0.1) is 5.56 Å². The number of nitrogen functional groups attached to an aromatic ring is 1. The Morgan fingerprint density at radius 1 is 1.08 bits per heavy atom. The first-order valence-corrected chi connectivity index (χ1v) is 8.06. The number of nitrogens with zero attached hydrogens (tertiary/aromatic N) is 2. The molecule has 132 valence electrons. The van der Waals surface area contributed by atoms with Crippen LogP contribution in [0.2, 0.25) is 5.02 Å². The summed E-state index contributed by atoms with van der Waals surface area (Å²) < 4.78 is 0. The second kappa shape index (κ2) is 7.28. The second-order valence-electron chi connectivity index (χ2n) is 5.53. The van der Waals surface area contributed by atoms with Gasteiger partial charge < -0.3 is 21.5 Å². The summed E-state index contributed by atoms with van der Waals surface area (Å²) in [5.41, 5.74) is 9.02.